The fourth-order valence-corrected chi connectivity index (χ4v) is 4.29. The molecule has 1 saturated heterocycles. The van der Waals surface area contributed by atoms with Gasteiger partial charge in [0.25, 0.3) is 0 Å². The van der Waals surface area contributed by atoms with Crippen molar-refractivity contribution in [3.8, 4) is 11.3 Å². The lowest BCUT2D eigenvalue weighted by molar-refractivity contribution is 0.209. The van der Waals surface area contributed by atoms with Gasteiger partial charge in [0, 0.05) is 49.8 Å². The Hall–Kier alpha value is -2.90. The van der Waals surface area contributed by atoms with E-state index in [9.17, 15) is 5.11 Å². The number of benzene rings is 1. The highest BCUT2D eigenvalue weighted by molar-refractivity contribution is 6.11. The third kappa shape index (κ3) is 4.64. The van der Waals surface area contributed by atoms with Crippen molar-refractivity contribution in [2.75, 3.05) is 31.6 Å². The van der Waals surface area contributed by atoms with Gasteiger partial charge in [-0.1, -0.05) is 12.1 Å². The van der Waals surface area contributed by atoms with E-state index in [2.05, 4.69) is 52.3 Å². The average molecular weight is 436 g/mol. The van der Waals surface area contributed by atoms with Gasteiger partial charge in [0.2, 0.25) is 0 Å². The Labute approximate surface area is 189 Å². The molecule has 32 heavy (non-hydrogen) atoms. The second kappa shape index (κ2) is 9.71. The Morgan fingerprint density at radius 3 is 2.78 bits per heavy atom. The van der Waals surface area contributed by atoms with Gasteiger partial charge in [-0.2, -0.15) is 0 Å². The fraction of sp³-hybridized carbons (Fsp3) is 0.440. The molecule has 2 aliphatic rings. The zero-order chi connectivity index (χ0) is 22.7. The van der Waals surface area contributed by atoms with E-state index in [1.165, 1.54) is 5.69 Å². The van der Waals surface area contributed by atoms with E-state index in [4.69, 9.17) is 10.3 Å². The van der Waals surface area contributed by atoms with Crippen LogP contribution in [0.1, 0.15) is 37.9 Å². The van der Waals surface area contributed by atoms with Crippen LogP contribution in [0.25, 0.3) is 17.4 Å². The van der Waals surface area contributed by atoms with Crippen molar-refractivity contribution in [1.82, 2.24) is 10.1 Å². The zero-order valence-electron chi connectivity index (χ0n) is 19.2. The third-order valence-electron chi connectivity index (χ3n) is 6.33. The van der Waals surface area contributed by atoms with Crippen LogP contribution in [0.2, 0.25) is 0 Å². The van der Waals surface area contributed by atoms with E-state index in [-0.39, 0.29) is 12.9 Å². The highest BCUT2D eigenvalue weighted by Crippen LogP contribution is 2.32. The minimum atomic E-state index is -0.376. The summed E-state index contributed by atoms with van der Waals surface area (Å²) in [5.41, 5.74) is 12.0. The summed E-state index contributed by atoms with van der Waals surface area (Å²) < 4.78 is 5.79. The third-order valence-corrected chi connectivity index (χ3v) is 6.33. The van der Waals surface area contributed by atoms with Crippen LogP contribution in [-0.4, -0.2) is 53.9 Å². The average Bonchev–Trinajstić information content (AvgIpc) is 3.23. The first-order valence-corrected chi connectivity index (χ1v) is 11.4. The van der Waals surface area contributed by atoms with E-state index < -0.39 is 0 Å². The summed E-state index contributed by atoms with van der Waals surface area (Å²) in [4.78, 5) is 8.79. The summed E-state index contributed by atoms with van der Waals surface area (Å²) in [5.74, 6) is 1.12. The van der Waals surface area contributed by atoms with Gasteiger partial charge in [0.15, 0.2) is 12.0 Å². The Bertz CT molecular complexity index is 1020. The predicted molar refractivity (Wildman–Crippen MR) is 129 cm³/mol. The maximum atomic E-state index is 9.52. The zero-order valence-corrected chi connectivity index (χ0v) is 19.2. The van der Waals surface area contributed by atoms with Gasteiger partial charge in [0.1, 0.15) is 0 Å². The molecular weight excluding hydrogens is 402 g/mol. The number of hydrogen-bond donors (Lipinski definition) is 2. The summed E-state index contributed by atoms with van der Waals surface area (Å²) in [6.45, 7) is 6.29. The molecule has 0 radical (unpaired) electrons. The number of nitrogens with zero attached hydrogens (tertiary/aromatic N) is 4. The topological polar surface area (TPSA) is 91.1 Å². The van der Waals surface area contributed by atoms with E-state index >= 15 is 0 Å². The minimum absolute atomic E-state index is 0.253. The molecule has 7 heteroatoms. The molecule has 2 unspecified atom stereocenters. The number of aliphatic imine (C=N–C) groups is 1. The van der Waals surface area contributed by atoms with Crippen molar-refractivity contribution in [3.63, 3.8) is 0 Å². The molecule has 1 fully saturated rings. The van der Waals surface area contributed by atoms with Crippen molar-refractivity contribution < 1.29 is 9.63 Å². The van der Waals surface area contributed by atoms with Crippen molar-refractivity contribution in [3.05, 3.63) is 53.4 Å². The van der Waals surface area contributed by atoms with E-state index in [1.807, 2.05) is 31.1 Å². The van der Waals surface area contributed by atoms with Crippen LogP contribution in [0, 0.1) is 5.92 Å². The van der Waals surface area contributed by atoms with Gasteiger partial charge in [-0.3, -0.25) is 5.73 Å². The molecule has 1 aromatic carbocycles. The standard InChI is InChI=1S/C25H33N5O2/c1-4-22-21(14-17(2)23-11-13-29(3)25(26)27-23)24(32-28-22)19-7-9-20(10-8-19)30-12-5-6-18(15-30)16-31/h7-11,13-14,18,25,31H,4-6,12,15-16,26H2,1-3H3/b17-14+. The Morgan fingerprint density at radius 2 is 2.09 bits per heavy atom. The van der Waals surface area contributed by atoms with Crippen LogP contribution in [0.15, 0.2) is 51.6 Å². The summed E-state index contributed by atoms with van der Waals surface area (Å²) in [6.07, 6.45) is 8.62. The molecule has 2 atom stereocenters. The number of anilines is 1. The molecule has 4 rings (SSSR count). The van der Waals surface area contributed by atoms with Crippen molar-refractivity contribution >= 4 is 17.5 Å². The van der Waals surface area contributed by atoms with Crippen LogP contribution < -0.4 is 10.6 Å². The molecular formula is C25H33N5O2. The first kappa shape index (κ1) is 22.3. The fourth-order valence-electron chi connectivity index (χ4n) is 4.29. The number of rotatable bonds is 6. The van der Waals surface area contributed by atoms with Crippen molar-refractivity contribution in [2.24, 2.45) is 16.6 Å². The van der Waals surface area contributed by atoms with Crippen molar-refractivity contribution in [2.45, 2.75) is 39.4 Å². The highest BCUT2D eigenvalue weighted by Gasteiger charge is 2.21. The van der Waals surface area contributed by atoms with E-state index in [1.54, 1.807) is 0 Å². The normalized spacial score (nSPS) is 21.8. The van der Waals surface area contributed by atoms with Crippen molar-refractivity contribution in [1.29, 1.82) is 0 Å². The minimum Gasteiger partial charge on any atom is -0.396 e. The molecule has 0 bridgehead atoms. The maximum Gasteiger partial charge on any atom is 0.174 e. The van der Waals surface area contributed by atoms with Gasteiger partial charge < -0.3 is 19.4 Å². The van der Waals surface area contributed by atoms with Gasteiger partial charge in [0.05, 0.1) is 11.4 Å². The summed E-state index contributed by atoms with van der Waals surface area (Å²) in [7, 11) is 1.91. The van der Waals surface area contributed by atoms with Crippen LogP contribution in [0.3, 0.4) is 0 Å². The van der Waals surface area contributed by atoms with Gasteiger partial charge >= 0.3 is 0 Å². The number of aliphatic hydroxyl groups excluding tert-OH is 1. The van der Waals surface area contributed by atoms with Crippen LogP contribution in [0.4, 0.5) is 5.69 Å². The first-order valence-electron chi connectivity index (χ1n) is 11.4. The number of aliphatic hydroxyl groups is 1. The lowest BCUT2D eigenvalue weighted by Crippen LogP contribution is -2.36. The molecule has 0 aliphatic carbocycles. The molecule has 7 nitrogen and oxygen atoms in total. The second-order valence-corrected chi connectivity index (χ2v) is 8.65. The number of aryl methyl sites for hydroxylation is 1. The van der Waals surface area contributed by atoms with Gasteiger partial charge in [-0.05, 0) is 74.1 Å². The number of aromatic nitrogens is 1. The smallest absolute Gasteiger partial charge is 0.174 e. The quantitative estimate of drug-likeness (QED) is 0.720. The summed E-state index contributed by atoms with van der Waals surface area (Å²) in [5, 5.41) is 13.8. The number of nitrogens with two attached hydrogens (primary N) is 1. The maximum absolute atomic E-state index is 9.52. The summed E-state index contributed by atoms with van der Waals surface area (Å²) >= 11 is 0. The SMILES string of the molecule is CCc1noc(-c2ccc(N3CCCC(CO)C3)cc2)c1/C=C(\C)C1=NC(N)N(C)C=C1. The molecule has 0 spiro atoms. The summed E-state index contributed by atoms with van der Waals surface area (Å²) in [6, 6.07) is 8.44. The Balaban J connectivity index is 1.61. The number of hydrogen-bond acceptors (Lipinski definition) is 7. The number of piperidine rings is 1. The molecule has 2 aliphatic heterocycles. The first-order chi connectivity index (χ1) is 15.5. The molecule has 1 aromatic heterocycles. The van der Waals surface area contributed by atoms with E-state index in [0.29, 0.717) is 5.92 Å². The molecule has 3 N–H and O–H groups in total. The highest BCUT2D eigenvalue weighted by atomic mass is 16.5. The predicted octanol–water partition coefficient (Wildman–Crippen LogP) is 3.66. The monoisotopic (exact) mass is 435 g/mol. The lowest BCUT2D eigenvalue weighted by atomic mass is 9.98. The molecule has 0 saturated carbocycles. The Morgan fingerprint density at radius 1 is 1.31 bits per heavy atom. The number of allylic oxidation sites excluding steroid dienone is 2. The van der Waals surface area contributed by atoms with Crippen LogP contribution in [0.5, 0.6) is 0 Å². The van der Waals surface area contributed by atoms with Gasteiger partial charge in [-0.25, -0.2) is 4.99 Å². The van der Waals surface area contributed by atoms with Gasteiger partial charge in [-0.15, -0.1) is 0 Å². The second-order valence-electron chi connectivity index (χ2n) is 8.65. The van der Waals surface area contributed by atoms with Crippen LogP contribution in [-0.2, 0) is 6.42 Å². The lowest BCUT2D eigenvalue weighted by Gasteiger charge is -2.33. The Kier molecular flexibility index (Phi) is 6.77. The molecule has 2 aromatic rings. The van der Waals surface area contributed by atoms with Crippen LogP contribution >= 0.6 is 0 Å². The van der Waals surface area contributed by atoms with E-state index in [0.717, 1.165) is 66.2 Å². The molecule has 3 heterocycles. The molecule has 0 amide bonds. The molecule has 170 valence electrons. The largest absolute Gasteiger partial charge is 0.396 e.